The predicted octanol–water partition coefficient (Wildman–Crippen LogP) is 2.25. The Morgan fingerprint density at radius 1 is 1.20 bits per heavy atom. The van der Waals surface area contributed by atoms with Crippen LogP contribution < -0.4 is 15.8 Å². The molecule has 0 atom stereocenters. The van der Waals surface area contributed by atoms with E-state index in [1.165, 1.54) is 44.6 Å². The third-order valence-electron chi connectivity index (χ3n) is 5.69. The molecule has 0 aliphatic carbocycles. The Balaban J connectivity index is 1.58. The summed E-state index contributed by atoms with van der Waals surface area (Å²) >= 11 is 0. The van der Waals surface area contributed by atoms with E-state index in [9.17, 15) is 22.4 Å². The minimum atomic E-state index is -3.20. The van der Waals surface area contributed by atoms with Crippen LogP contribution in [0.15, 0.2) is 49.1 Å². The van der Waals surface area contributed by atoms with Gasteiger partial charge in [-0.2, -0.15) is 19.0 Å². The standard InChI is InChI=1S/C23H21F4N11O2/c24-18(25)9-13-2-3-17(40-23(26)27)14(8-13)20-16(11-36(33-20)12-19-32-34-35-37(19)7-4-28)31-22(39)15-10-30-38-6-1-5-29-21(15)38/h1-3,5-6,8,10-11,18,23H,4,7,9,12,28H2,(H,31,39). The molecular weight excluding hydrogens is 538 g/mol. The number of nitrogens with zero attached hydrogens (tertiary/aromatic N) is 9. The summed E-state index contributed by atoms with van der Waals surface area (Å²) in [5.41, 5.74) is 6.18. The summed E-state index contributed by atoms with van der Waals surface area (Å²) < 4.78 is 61.7. The molecule has 0 unspecified atom stereocenters. The molecule has 0 saturated heterocycles. The molecule has 0 aliphatic heterocycles. The zero-order valence-electron chi connectivity index (χ0n) is 20.5. The molecule has 0 aliphatic rings. The summed E-state index contributed by atoms with van der Waals surface area (Å²) in [6.45, 7) is -2.60. The van der Waals surface area contributed by atoms with Gasteiger partial charge in [-0.3, -0.25) is 9.48 Å². The smallest absolute Gasteiger partial charge is 0.387 e. The first kappa shape index (κ1) is 26.7. The highest BCUT2D eigenvalue weighted by Gasteiger charge is 2.23. The zero-order valence-corrected chi connectivity index (χ0v) is 20.5. The van der Waals surface area contributed by atoms with Crippen molar-refractivity contribution in [1.29, 1.82) is 0 Å². The number of hydrogen-bond acceptors (Lipinski definition) is 9. The van der Waals surface area contributed by atoms with Gasteiger partial charge in [0.05, 0.1) is 18.4 Å². The second kappa shape index (κ2) is 11.4. The lowest BCUT2D eigenvalue weighted by atomic mass is 10.0. The van der Waals surface area contributed by atoms with Gasteiger partial charge in [-0.05, 0) is 34.2 Å². The molecule has 13 nitrogen and oxygen atoms in total. The van der Waals surface area contributed by atoms with E-state index in [2.05, 4.69) is 40.8 Å². The van der Waals surface area contributed by atoms with Crippen LogP contribution in [-0.2, 0) is 19.5 Å². The molecule has 5 aromatic rings. The number of carbonyl (C=O) groups is 1. The number of nitrogens with two attached hydrogens (primary N) is 1. The minimum Gasteiger partial charge on any atom is -0.434 e. The fourth-order valence-electron chi connectivity index (χ4n) is 4.01. The Kier molecular flexibility index (Phi) is 7.63. The van der Waals surface area contributed by atoms with Crippen molar-refractivity contribution in [1.82, 2.24) is 44.6 Å². The molecule has 4 heterocycles. The summed E-state index contributed by atoms with van der Waals surface area (Å²) in [5, 5.41) is 22.7. The average Bonchev–Trinajstić information content (AvgIpc) is 3.64. The minimum absolute atomic E-state index is 0.00982. The van der Waals surface area contributed by atoms with Gasteiger partial charge in [0.15, 0.2) is 11.5 Å². The first-order valence-electron chi connectivity index (χ1n) is 11.8. The van der Waals surface area contributed by atoms with Crippen LogP contribution in [-0.4, -0.2) is 70.1 Å². The second-order valence-corrected chi connectivity index (χ2v) is 8.40. The van der Waals surface area contributed by atoms with Crippen LogP contribution in [0.25, 0.3) is 16.9 Å². The van der Waals surface area contributed by atoms with Crippen LogP contribution >= 0.6 is 0 Å². The molecule has 40 heavy (non-hydrogen) atoms. The van der Waals surface area contributed by atoms with Crippen molar-refractivity contribution in [3.8, 4) is 17.0 Å². The molecule has 1 aromatic carbocycles. The molecule has 5 rings (SSSR count). The van der Waals surface area contributed by atoms with Crippen molar-refractivity contribution < 1.29 is 27.1 Å². The fraction of sp³-hybridized carbons (Fsp3) is 0.261. The van der Waals surface area contributed by atoms with Crippen LogP contribution in [0.3, 0.4) is 0 Å². The van der Waals surface area contributed by atoms with Gasteiger partial charge >= 0.3 is 6.61 Å². The van der Waals surface area contributed by atoms with E-state index >= 15 is 0 Å². The topological polar surface area (TPSA) is 156 Å². The second-order valence-electron chi connectivity index (χ2n) is 8.40. The van der Waals surface area contributed by atoms with E-state index < -0.39 is 25.4 Å². The molecule has 0 fully saturated rings. The molecule has 3 N–H and O–H groups in total. The molecule has 0 radical (unpaired) electrons. The molecular formula is C23H21F4N11O2. The number of amides is 1. The number of benzene rings is 1. The molecule has 208 valence electrons. The highest BCUT2D eigenvalue weighted by molar-refractivity contribution is 6.09. The summed E-state index contributed by atoms with van der Waals surface area (Å²) in [5.74, 6) is -0.568. The number of hydrogen-bond donors (Lipinski definition) is 2. The van der Waals surface area contributed by atoms with Gasteiger partial charge < -0.3 is 15.8 Å². The summed E-state index contributed by atoms with van der Waals surface area (Å²) in [7, 11) is 0. The molecule has 17 heteroatoms. The maximum absolute atomic E-state index is 13.3. The van der Waals surface area contributed by atoms with Crippen molar-refractivity contribution in [3.63, 3.8) is 0 Å². The predicted molar refractivity (Wildman–Crippen MR) is 131 cm³/mol. The third-order valence-corrected chi connectivity index (χ3v) is 5.69. The Morgan fingerprint density at radius 2 is 2.05 bits per heavy atom. The van der Waals surface area contributed by atoms with Crippen LogP contribution in [0, 0.1) is 0 Å². The van der Waals surface area contributed by atoms with Crippen LogP contribution in [0.1, 0.15) is 21.7 Å². The van der Waals surface area contributed by atoms with Gasteiger partial charge in [-0.15, -0.1) is 5.10 Å². The van der Waals surface area contributed by atoms with Gasteiger partial charge in [-0.1, -0.05) is 6.07 Å². The Labute approximate surface area is 222 Å². The number of aromatic nitrogens is 9. The largest absolute Gasteiger partial charge is 0.434 e. The quantitative estimate of drug-likeness (QED) is 0.232. The fourth-order valence-corrected chi connectivity index (χ4v) is 4.01. The van der Waals surface area contributed by atoms with E-state index in [1.807, 2.05) is 0 Å². The van der Waals surface area contributed by atoms with Gasteiger partial charge in [-0.25, -0.2) is 23.0 Å². The van der Waals surface area contributed by atoms with Gasteiger partial charge in [0.2, 0.25) is 6.43 Å². The number of carbonyl (C=O) groups excluding carboxylic acids is 1. The van der Waals surface area contributed by atoms with Crippen molar-refractivity contribution in [2.24, 2.45) is 5.73 Å². The van der Waals surface area contributed by atoms with Crippen molar-refractivity contribution in [2.75, 3.05) is 11.9 Å². The number of halogens is 4. The van der Waals surface area contributed by atoms with Crippen LogP contribution in [0.2, 0.25) is 0 Å². The summed E-state index contributed by atoms with van der Waals surface area (Å²) in [6, 6.07) is 5.32. The van der Waals surface area contributed by atoms with Crippen molar-refractivity contribution in [3.05, 3.63) is 66.0 Å². The lowest BCUT2D eigenvalue weighted by Crippen LogP contribution is -2.16. The normalized spacial score (nSPS) is 11.6. The Bertz CT molecular complexity index is 1630. The lowest BCUT2D eigenvalue weighted by Gasteiger charge is -2.13. The number of nitrogens with one attached hydrogen (secondary N) is 1. The number of rotatable bonds is 11. The lowest BCUT2D eigenvalue weighted by molar-refractivity contribution is -0.0494. The maximum atomic E-state index is 13.3. The van der Waals surface area contributed by atoms with Crippen LogP contribution in [0.4, 0.5) is 23.2 Å². The van der Waals surface area contributed by atoms with Gasteiger partial charge in [0.1, 0.15) is 23.6 Å². The molecule has 0 spiro atoms. The van der Waals surface area contributed by atoms with Gasteiger partial charge in [0.25, 0.3) is 5.91 Å². The summed E-state index contributed by atoms with van der Waals surface area (Å²) in [4.78, 5) is 17.4. The Morgan fingerprint density at radius 3 is 2.83 bits per heavy atom. The third kappa shape index (κ3) is 5.73. The summed E-state index contributed by atoms with van der Waals surface area (Å²) in [6.07, 6.45) is 2.53. The number of ether oxygens (including phenoxy) is 1. The van der Waals surface area contributed by atoms with Crippen molar-refractivity contribution >= 4 is 17.2 Å². The SMILES string of the molecule is NCCn1nnnc1Cn1cc(NC(=O)c2cnn3cccnc23)c(-c2cc(CC(F)F)ccc2OC(F)F)n1. The first-order chi connectivity index (χ1) is 19.3. The maximum Gasteiger partial charge on any atom is 0.387 e. The molecule has 0 bridgehead atoms. The first-order valence-corrected chi connectivity index (χ1v) is 11.8. The molecule has 0 saturated carbocycles. The molecule has 1 amide bonds. The van der Waals surface area contributed by atoms with E-state index in [0.29, 0.717) is 12.4 Å². The van der Waals surface area contributed by atoms with Crippen molar-refractivity contribution in [2.45, 2.75) is 32.5 Å². The monoisotopic (exact) mass is 559 g/mol. The zero-order chi connectivity index (χ0) is 28.2. The number of fused-ring (bicyclic) bond motifs is 1. The Hall–Kier alpha value is -4.93. The van der Waals surface area contributed by atoms with E-state index in [4.69, 9.17) is 5.73 Å². The van der Waals surface area contributed by atoms with E-state index in [0.717, 1.165) is 6.07 Å². The molecule has 4 aromatic heterocycles. The highest BCUT2D eigenvalue weighted by atomic mass is 19.3. The average molecular weight is 559 g/mol. The van der Waals surface area contributed by atoms with Gasteiger partial charge in [0, 0.05) is 37.1 Å². The number of tetrazole rings is 1. The van der Waals surface area contributed by atoms with Crippen LogP contribution in [0.5, 0.6) is 5.75 Å². The number of alkyl halides is 4. The van der Waals surface area contributed by atoms with E-state index in [1.54, 1.807) is 12.3 Å². The highest BCUT2D eigenvalue weighted by Crippen LogP contribution is 2.36. The van der Waals surface area contributed by atoms with E-state index in [-0.39, 0.29) is 52.6 Å². The number of anilines is 1.